The van der Waals surface area contributed by atoms with Gasteiger partial charge in [0.05, 0.1) is 11.8 Å². The number of carbonyl (C=O) groups excluding carboxylic acids is 1. The van der Waals surface area contributed by atoms with Crippen LogP contribution in [0.1, 0.15) is 41.4 Å². The summed E-state index contributed by atoms with van der Waals surface area (Å²) in [4.78, 5) is 15.1. The summed E-state index contributed by atoms with van der Waals surface area (Å²) in [6, 6.07) is 12.3. The number of hydrogen-bond donors (Lipinski definition) is 0. The van der Waals surface area contributed by atoms with Gasteiger partial charge in [-0.3, -0.25) is 4.79 Å². The van der Waals surface area contributed by atoms with E-state index in [0.717, 1.165) is 42.7 Å². The van der Waals surface area contributed by atoms with Crippen molar-refractivity contribution < 1.29 is 9.21 Å². The van der Waals surface area contributed by atoms with Crippen LogP contribution in [-0.2, 0) is 6.54 Å². The number of amides is 1. The highest BCUT2D eigenvalue weighted by atomic mass is 16.3. The number of rotatable bonds is 3. The third-order valence-corrected chi connectivity index (χ3v) is 5.27. The Balaban J connectivity index is 1.67. The zero-order chi connectivity index (χ0) is 17.4. The first kappa shape index (κ1) is 16.0. The lowest BCUT2D eigenvalue weighted by atomic mass is 9.99. The highest BCUT2D eigenvalue weighted by molar-refractivity contribution is 5.97. The Morgan fingerprint density at radius 3 is 2.60 bits per heavy atom. The van der Waals surface area contributed by atoms with Crippen LogP contribution in [0, 0.1) is 12.8 Å². The molecular weight excluding hydrogens is 312 g/mol. The Morgan fingerprint density at radius 2 is 1.88 bits per heavy atom. The van der Waals surface area contributed by atoms with Crippen LogP contribution in [-0.4, -0.2) is 28.5 Å². The zero-order valence-electron chi connectivity index (χ0n) is 14.9. The number of fused-ring (bicyclic) bond motifs is 1. The van der Waals surface area contributed by atoms with E-state index in [1.165, 1.54) is 11.1 Å². The number of piperidine rings is 1. The minimum absolute atomic E-state index is 0.116. The molecular formula is C21H24N2O2. The van der Waals surface area contributed by atoms with Crippen LogP contribution in [0.25, 0.3) is 11.1 Å². The van der Waals surface area contributed by atoms with Crippen LogP contribution in [0.15, 0.2) is 47.1 Å². The van der Waals surface area contributed by atoms with Gasteiger partial charge in [0.1, 0.15) is 5.69 Å². The Bertz CT molecular complexity index is 880. The van der Waals surface area contributed by atoms with E-state index in [-0.39, 0.29) is 5.91 Å². The van der Waals surface area contributed by atoms with Crippen molar-refractivity contribution in [1.29, 1.82) is 0 Å². The standard InChI is InChI=1S/C21H24N2O2/c1-15-3-5-17(6-4-15)14-23-18-9-12-25-20(18)13-19(23)21(24)22-10-7-16(2)8-11-22/h3-6,9,12-13,16H,7-8,10-11,14H2,1-2H3. The molecule has 130 valence electrons. The lowest BCUT2D eigenvalue weighted by molar-refractivity contribution is 0.0687. The van der Waals surface area contributed by atoms with E-state index in [1.807, 2.05) is 17.0 Å². The van der Waals surface area contributed by atoms with Gasteiger partial charge in [0, 0.05) is 31.8 Å². The molecule has 0 atom stereocenters. The van der Waals surface area contributed by atoms with Gasteiger partial charge in [0.15, 0.2) is 5.58 Å². The van der Waals surface area contributed by atoms with Crippen molar-refractivity contribution in [2.45, 2.75) is 33.2 Å². The number of aromatic nitrogens is 1. The van der Waals surface area contributed by atoms with Crippen molar-refractivity contribution in [2.24, 2.45) is 5.92 Å². The highest BCUT2D eigenvalue weighted by Gasteiger charge is 2.25. The summed E-state index contributed by atoms with van der Waals surface area (Å²) in [6.45, 7) is 6.71. The van der Waals surface area contributed by atoms with Crippen LogP contribution >= 0.6 is 0 Å². The van der Waals surface area contributed by atoms with Gasteiger partial charge >= 0.3 is 0 Å². The Hall–Kier alpha value is -2.49. The molecule has 4 nitrogen and oxygen atoms in total. The van der Waals surface area contributed by atoms with Gasteiger partial charge < -0.3 is 13.9 Å². The van der Waals surface area contributed by atoms with Crippen molar-refractivity contribution in [3.63, 3.8) is 0 Å². The first-order valence-electron chi connectivity index (χ1n) is 9.03. The third-order valence-electron chi connectivity index (χ3n) is 5.27. The predicted molar refractivity (Wildman–Crippen MR) is 98.8 cm³/mol. The van der Waals surface area contributed by atoms with Gasteiger partial charge in [-0.1, -0.05) is 36.8 Å². The molecule has 1 aliphatic rings. The largest absolute Gasteiger partial charge is 0.463 e. The van der Waals surface area contributed by atoms with Crippen molar-refractivity contribution in [3.8, 4) is 0 Å². The quantitative estimate of drug-likeness (QED) is 0.708. The molecule has 1 aromatic carbocycles. The maximum absolute atomic E-state index is 13.1. The zero-order valence-corrected chi connectivity index (χ0v) is 14.9. The first-order valence-corrected chi connectivity index (χ1v) is 9.03. The second kappa shape index (κ2) is 6.43. The van der Waals surface area contributed by atoms with Crippen LogP contribution in [0.4, 0.5) is 0 Å². The summed E-state index contributed by atoms with van der Waals surface area (Å²) < 4.78 is 7.65. The minimum atomic E-state index is 0.116. The van der Waals surface area contributed by atoms with Crippen LogP contribution in [0.3, 0.4) is 0 Å². The molecule has 1 aliphatic heterocycles. The molecule has 3 heterocycles. The lowest BCUT2D eigenvalue weighted by Crippen LogP contribution is -2.38. The van der Waals surface area contributed by atoms with E-state index < -0.39 is 0 Å². The first-order chi connectivity index (χ1) is 12.1. The Morgan fingerprint density at radius 1 is 1.16 bits per heavy atom. The molecule has 1 amide bonds. The molecule has 25 heavy (non-hydrogen) atoms. The molecule has 2 aromatic heterocycles. The molecule has 4 rings (SSSR count). The molecule has 4 heteroatoms. The molecule has 3 aromatic rings. The maximum atomic E-state index is 13.1. The summed E-state index contributed by atoms with van der Waals surface area (Å²) in [5.41, 5.74) is 4.91. The summed E-state index contributed by atoms with van der Waals surface area (Å²) in [5, 5.41) is 0. The van der Waals surface area contributed by atoms with E-state index >= 15 is 0 Å². The van der Waals surface area contributed by atoms with Crippen molar-refractivity contribution >= 4 is 17.0 Å². The molecule has 0 radical (unpaired) electrons. The molecule has 1 saturated heterocycles. The summed E-state index contributed by atoms with van der Waals surface area (Å²) in [7, 11) is 0. The molecule has 0 bridgehead atoms. The molecule has 0 N–H and O–H groups in total. The van der Waals surface area contributed by atoms with Gasteiger partial charge in [0.2, 0.25) is 0 Å². The predicted octanol–water partition coefficient (Wildman–Crippen LogP) is 4.46. The number of benzene rings is 1. The highest BCUT2D eigenvalue weighted by Crippen LogP contribution is 2.25. The van der Waals surface area contributed by atoms with Crippen molar-refractivity contribution in [1.82, 2.24) is 9.47 Å². The smallest absolute Gasteiger partial charge is 0.270 e. The number of hydrogen-bond acceptors (Lipinski definition) is 2. The summed E-state index contributed by atoms with van der Waals surface area (Å²) in [5.74, 6) is 0.824. The van der Waals surface area contributed by atoms with Crippen molar-refractivity contribution in [2.75, 3.05) is 13.1 Å². The fourth-order valence-electron chi connectivity index (χ4n) is 3.57. The third kappa shape index (κ3) is 3.09. The maximum Gasteiger partial charge on any atom is 0.270 e. The summed E-state index contributed by atoms with van der Waals surface area (Å²) >= 11 is 0. The molecule has 0 saturated carbocycles. The number of carbonyl (C=O) groups is 1. The van der Waals surface area contributed by atoms with Gasteiger partial charge in [0.25, 0.3) is 5.91 Å². The monoisotopic (exact) mass is 336 g/mol. The van der Waals surface area contributed by atoms with Crippen LogP contribution in [0.5, 0.6) is 0 Å². The Kier molecular flexibility index (Phi) is 4.12. The average molecular weight is 336 g/mol. The number of furan rings is 1. The van der Waals surface area contributed by atoms with E-state index in [2.05, 4.69) is 42.7 Å². The fraction of sp³-hybridized carbons (Fsp3) is 0.381. The van der Waals surface area contributed by atoms with E-state index in [0.29, 0.717) is 12.5 Å². The molecule has 0 spiro atoms. The normalized spacial score (nSPS) is 15.8. The second-order valence-electron chi connectivity index (χ2n) is 7.25. The van der Waals surface area contributed by atoms with Gasteiger partial charge in [-0.15, -0.1) is 0 Å². The van der Waals surface area contributed by atoms with Crippen LogP contribution in [0.2, 0.25) is 0 Å². The minimum Gasteiger partial charge on any atom is -0.463 e. The fourth-order valence-corrected chi connectivity index (χ4v) is 3.57. The number of aryl methyl sites for hydroxylation is 1. The second-order valence-corrected chi connectivity index (χ2v) is 7.25. The van der Waals surface area contributed by atoms with E-state index in [9.17, 15) is 4.79 Å². The van der Waals surface area contributed by atoms with Gasteiger partial charge in [-0.2, -0.15) is 0 Å². The van der Waals surface area contributed by atoms with E-state index in [1.54, 1.807) is 6.26 Å². The topological polar surface area (TPSA) is 38.4 Å². The molecule has 1 fully saturated rings. The lowest BCUT2D eigenvalue weighted by Gasteiger charge is -2.30. The Labute approximate surface area is 148 Å². The van der Waals surface area contributed by atoms with Gasteiger partial charge in [-0.25, -0.2) is 0 Å². The molecule has 0 aliphatic carbocycles. The van der Waals surface area contributed by atoms with Crippen LogP contribution < -0.4 is 0 Å². The van der Waals surface area contributed by atoms with Gasteiger partial charge in [-0.05, 0) is 31.2 Å². The van der Waals surface area contributed by atoms with E-state index in [4.69, 9.17) is 4.42 Å². The number of nitrogens with zero attached hydrogens (tertiary/aromatic N) is 2. The molecule has 0 unspecified atom stereocenters. The number of likely N-dealkylation sites (tertiary alicyclic amines) is 1. The van der Waals surface area contributed by atoms with Crippen molar-refractivity contribution in [3.05, 3.63) is 59.5 Å². The summed E-state index contributed by atoms with van der Waals surface area (Å²) in [6.07, 6.45) is 3.86. The SMILES string of the molecule is Cc1ccc(Cn2c(C(=O)N3CCC(C)CC3)cc3occc32)cc1. The average Bonchev–Trinajstić information content (AvgIpc) is 3.19.